The molecule has 104 valence electrons. The van der Waals surface area contributed by atoms with Crippen LogP contribution in [0.3, 0.4) is 0 Å². The lowest BCUT2D eigenvalue weighted by Crippen LogP contribution is -2.54. The van der Waals surface area contributed by atoms with Crippen molar-refractivity contribution in [3.8, 4) is 0 Å². The maximum atomic E-state index is 10.9. The Morgan fingerprint density at radius 1 is 1.11 bits per heavy atom. The summed E-state index contributed by atoms with van der Waals surface area (Å²) in [6.45, 7) is 2.74. The van der Waals surface area contributed by atoms with Gasteiger partial charge in [0.05, 0.1) is 11.2 Å². The van der Waals surface area contributed by atoms with Gasteiger partial charge in [0.15, 0.2) is 0 Å². The molecule has 18 heavy (non-hydrogen) atoms. The minimum atomic E-state index is -0.644. The summed E-state index contributed by atoms with van der Waals surface area (Å²) in [5.74, 6) is 0.740. The summed E-state index contributed by atoms with van der Waals surface area (Å²) in [7, 11) is 0. The van der Waals surface area contributed by atoms with Gasteiger partial charge in [0.25, 0.3) is 0 Å². The standard InChI is InChI=1S/C14H25NO3/c15-10-14(16,11-1-2-11)12-3-6-18-13(9-12)4-7-17-8-5-13/h11-12,16H,1-10,15H2. The molecule has 0 aromatic heterocycles. The van der Waals surface area contributed by atoms with E-state index < -0.39 is 5.60 Å². The van der Waals surface area contributed by atoms with Gasteiger partial charge in [-0.2, -0.15) is 0 Å². The highest BCUT2D eigenvalue weighted by Crippen LogP contribution is 2.49. The van der Waals surface area contributed by atoms with Crippen molar-refractivity contribution < 1.29 is 14.6 Å². The van der Waals surface area contributed by atoms with Crippen LogP contribution in [0.4, 0.5) is 0 Å². The van der Waals surface area contributed by atoms with Gasteiger partial charge in [0.2, 0.25) is 0 Å². The van der Waals surface area contributed by atoms with Crippen LogP contribution in [0.15, 0.2) is 0 Å². The molecule has 0 radical (unpaired) electrons. The monoisotopic (exact) mass is 255 g/mol. The lowest BCUT2D eigenvalue weighted by molar-refractivity contribution is -0.177. The highest BCUT2D eigenvalue weighted by Gasteiger charge is 2.52. The first-order valence-electron chi connectivity index (χ1n) is 7.33. The van der Waals surface area contributed by atoms with Crippen molar-refractivity contribution in [1.82, 2.24) is 0 Å². The molecule has 1 spiro atoms. The summed E-state index contributed by atoms with van der Waals surface area (Å²) < 4.78 is 11.5. The van der Waals surface area contributed by atoms with Crippen LogP contribution in [0.25, 0.3) is 0 Å². The van der Waals surface area contributed by atoms with Gasteiger partial charge >= 0.3 is 0 Å². The molecule has 2 aliphatic heterocycles. The average molecular weight is 255 g/mol. The number of nitrogens with two attached hydrogens (primary N) is 1. The molecule has 0 amide bonds. The Balaban J connectivity index is 1.72. The normalized spacial score (nSPS) is 35.3. The topological polar surface area (TPSA) is 64.7 Å². The van der Waals surface area contributed by atoms with E-state index in [1.165, 1.54) is 0 Å². The highest BCUT2D eigenvalue weighted by molar-refractivity contribution is 5.03. The first kappa shape index (κ1) is 12.9. The number of hydrogen-bond acceptors (Lipinski definition) is 4. The van der Waals surface area contributed by atoms with E-state index in [1.54, 1.807) is 0 Å². The molecule has 0 aromatic carbocycles. The molecule has 4 heteroatoms. The zero-order chi connectivity index (χ0) is 12.6. The van der Waals surface area contributed by atoms with Crippen LogP contribution >= 0.6 is 0 Å². The van der Waals surface area contributed by atoms with Crippen molar-refractivity contribution >= 4 is 0 Å². The minimum Gasteiger partial charge on any atom is -0.388 e. The molecular formula is C14H25NO3. The summed E-state index contributed by atoms with van der Waals surface area (Å²) in [5.41, 5.74) is 5.20. The lowest BCUT2D eigenvalue weighted by Gasteiger charge is -2.48. The molecule has 3 fully saturated rings. The van der Waals surface area contributed by atoms with Crippen LogP contribution in [0.5, 0.6) is 0 Å². The van der Waals surface area contributed by atoms with Gasteiger partial charge in [-0.3, -0.25) is 0 Å². The van der Waals surface area contributed by atoms with Crippen LogP contribution in [0, 0.1) is 11.8 Å². The molecule has 1 saturated carbocycles. The number of ether oxygens (including phenoxy) is 2. The predicted octanol–water partition coefficient (Wildman–Crippen LogP) is 1.06. The molecule has 2 unspecified atom stereocenters. The maximum absolute atomic E-state index is 10.9. The third-order valence-electron chi connectivity index (χ3n) is 5.22. The molecule has 3 N–H and O–H groups in total. The molecule has 3 aliphatic rings. The summed E-state index contributed by atoms with van der Waals surface area (Å²) in [6, 6.07) is 0. The van der Waals surface area contributed by atoms with Crippen molar-refractivity contribution in [3.05, 3.63) is 0 Å². The van der Waals surface area contributed by atoms with Crippen molar-refractivity contribution in [3.63, 3.8) is 0 Å². The number of rotatable bonds is 3. The summed E-state index contributed by atoms with van der Waals surface area (Å²) in [4.78, 5) is 0. The predicted molar refractivity (Wildman–Crippen MR) is 68.2 cm³/mol. The van der Waals surface area contributed by atoms with Gasteiger partial charge in [-0.25, -0.2) is 0 Å². The van der Waals surface area contributed by atoms with Crippen molar-refractivity contribution in [2.45, 2.75) is 49.7 Å². The Bertz CT molecular complexity index is 294. The summed E-state index contributed by atoms with van der Waals surface area (Å²) in [6.07, 6.45) is 6.12. The summed E-state index contributed by atoms with van der Waals surface area (Å²) in [5, 5.41) is 10.9. The smallest absolute Gasteiger partial charge is 0.0827 e. The van der Waals surface area contributed by atoms with Gasteiger partial charge in [0, 0.05) is 26.4 Å². The largest absolute Gasteiger partial charge is 0.388 e. The van der Waals surface area contributed by atoms with E-state index in [2.05, 4.69) is 0 Å². The Hall–Kier alpha value is -0.160. The quantitative estimate of drug-likeness (QED) is 0.791. The first-order valence-corrected chi connectivity index (χ1v) is 7.33. The van der Waals surface area contributed by atoms with Crippen LogP contribution in [-0.4, -0.2) is 42.7 Å². The second kappa shape index (κ2) is 4.75. The van der Waals surface area contributed by atoms with E-state index in [1.807, 2.05) is 0 Å². The van der Waals surface area contributed by atoms with E-state index in [0.717, 1.165) is 58.3 Å². The van der Waals surface area contributed by atoms with Gasteiger partial charge in [-0.05, 0) is 50.4 Å². The summed E-state index contributed by atoms with van der Waals surface area (Å²) >= 11 is 0. The van der Waals surface area contributed by atoms with Gasteiger partial charge < -0.3 is 20.3 Å². The molecule has 0 aromatic rings. The fourth-order valence-electron chi connectivity index (χ4n) is 3.80. The third-order valence-corrected chi connectivity index (χ3v) is 5.22. The van der Waals surface area contributed by atoms with Crippen molar-refractivity contribution in [2.75, 3.05) is 26.4 Å². The van der Waals surface area contributed by atoms with E-state index in [-0.39, 0.29) is 5.60 Å². The second-order valence-electron chi connectivity index (χ2n) is 6.30. The van der Waals surface area contributed by atoms with E-state index >= 15 is 0 Å². The molecule has 2 atom stereocenters. The zero-order valence-corrected chi connectivity index (χ0v) is 11.1. The fourth-order valence-corrected chi connectivity index (χ4v) is 3.80. The molecule has 2 saturated heterocycles. The Morgan fingerprint density at radius 3 is 2.44 bits per heavy atom. The van der Waals surface area contributed by atoms with Crippen LogP contribution in [0.1, 0.15) is 38.5 Å². The molecule has 2 heterocycles. The SMILES string of the molecule is NCC(O)(C1CC1)C1CCOC2(CCOCC2)C1. The third kappa shape index (κ3) is 2.20. The van der Waals surface area contributed by atoms with Crippen LogP contribution in [-0.2, 0) is 9.47 Å². The number of aliphatic hydroxyl groups is 1. The highest BCUT2D eigenvalue weighted by atomic mass is 16.5. The fraction of sp³-hybridized carbons (Fsp3) is 1.00. The Labute approximate surface area is 109 Å². The molecule has 0 bridgehead atoms. The lowest BCUT2D eigenvalue weighted by atomic mass is 9.71. The zero-order valence-electron chi connectivity index (χ0n) is 11.1. The van der Waals surface area contributed by atoms with Gasteiger partial charge in [0.1, 0.15) is 0 Å². The molecule has 4 nitrogen and oxygen atoms in total. The Morgan fingerprint density at radius 2 is 1.83 bits per heavy atom. The van der Waals surface area contributed by atoms with Gasteiger partial charge in [-0.1, -0.05) is 0 Å². The van der Waals surface area contributed by atoms with Gasteiger partial charge in [-0.15, -0.1) is 0 Å². The van der Waals surface area contributed by atoms with Crippen LogP contribution in [0.2, 0.25) is 0 Å². The number of hydrogen-bond donors (Lipinski definition) is 2. The average Bonchev–Trinajstić information content (AvgIpc) is 3.23. The van der Waals surface area contributed by atoms with E-state index in [4.69, 9.17) is 15.2 Å². The van der Waals surface area contributed by atoms with Crippen molar-refractivity contribution in [2.24, 2.45) is 17.6 Å². The van der Waals surface area contributed by atoms with Crippen LogP contribution < -0.4 is 5.73 Å². The molecule has 1 aliphatic carbocycles. The minimum absolute atomic E-state index is 0.0425. The molecule has 3 rings (SSSR count). The van der Waals surface area contributed by atoms with E-state index in [9.17, 15) is 5.11 Å². The second-order valence-corrected chi connectivity index (χ2v) is 6.30. The van der Waals surface area contributed by atoms with Crippen molar-refractivity contribution in [1.29, 1.82) is 0 Å². The first-order chi connectivity index (χ1) is 8.69. The van der Waals surface area contributed by atoms with E-state index in [0.29, 0.717) is 18.4 Å². The molecular weight excluding hydrogens is 230 g/mol. The maximum Gasteiger partial charge on any atom is 0.0827 e. The Kier molecular flexibility index (Phi) is 3.39.